The number of benzene rings is 1. The van der Waals surface area contributed by atoms with Crippen molar-refractivity contribution >= 4 is 11.9 Å². The minimum atomic E-state index is -0.988. The van der Waals surface area contributed by atoms with Gasteiger partial charge < -0.3 is 10.4 Å². The fourth-order valence-corrected chi connectivity index (χ4v) is 2.24. The van der Waals surface area contributed by atoms with Crippen LogP contribution in [0, 0.1) is 23.6 Å². The SMILES string of the molecule is CC1CC1C(=O)NCC(Cc1cccc(F)c1)C(=O)O. The molecule has 1 aromatic rings. The van der Waals surface area contributed by atoms with Crippen molar-refractivity contribution in [3.05, 3.63) is 35.6 Å². The van der Waals surface area contributed by atoms with E-state index in [1.807, 2.05) is 6.92 Å². The van der Waals surface area contributed by atoms with Crippen LogP contribution in [0.15, 0.2) is 24.3 Å². The lowest BCUT2D eigenvalue weighted by atomic mass is 9.99. The molecule has 1 amide bonds. The Labute approximate surface area is 117 Å². The molecule has 1 fully saturated rings. The van der Waals surface area contributed by atoms with Gasteiger partial charge in [-0.2, -0.15) is 0 Å². The maximum absolute atomic E-state index is 13.1. The number of carbonyl (C=O) groups is 2. The molecule has 0 spiro atoms. The zero-order chi connectivity index (χ0) is 14.7. The first-order chi connectivity index (χ1) is 9.47. The lowest BCUT2D eigenvalue weighted by molar-refractivity contribution is -0.141. The molecule has 0 aromatic heterocycles. The molecule has 2 N–H and O–H groups in total. The third kappa shape index (κ3) is 3.79. The summed E-state index contributed by atoms with van der Waals surface area (Å²) in [6.07, 6.45) is 1.07. The largest absolute Gasteiger partial charge is 0.481 e. The summed E-state index contributed by atoms with van der Waals surface area (Å²) in [7, 11) is 0. The minimum Gasteiger partial charge on any atom is -0.481 e. The fourth-order valence-electron chi connectivity index (χ4n) is 2.24. The summed E-state index contributed by atoms with van der Waals surface area (Å²) in [5.74, 6) is -1.78. The van der Waals surface area contributed by atoms with Gasteiger partial charge in [-0.25, -0.2) is 4.39 Å². The Kier molecular flexibility index (Phi) is 4.37. The number of aliphatic carboxylic acids is 1. The van der Waals surface area contributed by atoms with Crippen LogP contribution >= 0.6 is 0 Å². The van der Waals surface area contributed by atoms with E-state index in [2.05, 4.69) is 5.32 Å². The molecule has 1 aliphatic rings. The van der Waals surface area contributed by atoms with Crippen molar-refractivity contribution in [3.8, 4) is 0 Å². The third-order valence-corrected chi connectivity index (χ3v) is 3.69. The van der Waals surface area contributed by atoms with E-state index in [-0.39, 0.29) is 30.6 Å². The Morgan fingerprint density at radius 3 is 2.75 bits per heavy atom. The van der Waals surface area contributed by atoms with Crippen LogP contribution in [0.1, 0.15) is 18.9 Å². The van der Waals surface area contributed by atoms with Crippen LogP contribution in [0.4, 0.5) is 4.39 Å². The number of hydrogen-bond acceptors (Lipinski definition) is 2. The van der Waals surface area contributed by atoms with E-state index in [0.29, 0.717) is 11.5 Å². The molecule has 1 aliphatic carbocycles. The highest BCUT2D eigenvalue weighted by Crippen LogP contribution is 2.37. The van der Waals surface area contributed by atoms with Gasteiger partial charge in [0.2, 0.25) is 5.91 Å². The van der Waals surface area contributed by atoms with Crippen LogP contribution in [-0.4, -0.2) is 23.5 Å². The second-order valence-corrected chi connectivity index (χ2v) is 5.43. The molecule has 3 unspecified atom stereocenters. The standard InChI is InChI=1S/C15H18FNO3/c1-9-5-13(9)14(18)17-8-11(15(19)20)6-10-3-2-4-12(16)7-10/h2-4,7,9,11,13H,5-6,8H2,1H3,(H,17,18)(H,19,20). The average Bonchev–Trinajstić information content (AvgIpc) is 3.11. The molecule has 2 rings (SSSR count). The van der Waals surface area contributed by atoms with Gasteiger partial charge in [-0.15, -0.1) is 0 Å². The molecule has 0 bridgehead atoms. The summed E-state index contributed by atoms with van der Waals surface area (Å²) in [6, 6.07) is 5.87. The van der Waals surface area contributed by atoms with E-state index < -0.39 is 11.9 Å². The quantitative estimate of drug-likeness (QED) is 0.835. The molecule has 0 heterocycles. The average molecular weight is 279 g/mol. The number of hydrogen-bond donors (Lipinski definition) is 2. The molecule has 20 heavy (non-hydrogen) atoms. The molecule has 0 aliphatic heterocycles. The van der Waals surface area contributed by atoms with Crippen LogP contribution in [0.25, 0.3) is 0 Å². The highest BCUT2D eigenvalue weighted by Gasteiger charge is 2.39. The van der Waals surface area contributed by atoms with Crippen LogP contribution in [0.5, 0.6) is 0 Å². The van der Waals surface area contributed by atoms with E-state index in [4.69, 9.17) is 0 Å². The van der Waals surface area contributed by atoms with Gasteiger partial charge in [-0.3, -0.25) is 9.59 Å². The van der Waals surface area contributed by atoms with E-state index in [1.165, 1.54) is 12.1 Å². The third-order valence-electron chi connectivity index (χ3n) is 3.69. The van der Waals surface area contributed by atoms with Crippen LogP contribution in [0.3, 0.4) is 0 Å². The molecule has 1 aromatic carbocycles. The van der Waals surface area contributed by atoms with Gasteiger partial charge in [0.15, 0.2) is 0 Å². The molecule has 1 saturated carbocycles. The first-order valence-corrected chi connectivity index (χ1v) is 6.72. The predicted octanol–water partition coefficient (Wildman–Crippen LogP) is 1.84. The van der Waals surface area contributed by atoms with Crippen LogP contribution in [-0.2, 0) is 16.0 Å². The summed E-state index contributed by atoms with van der Waals surface area (Å²) in [4.78, 5) is 22.9. The van der Waals surface area contributed by atoms with Gasteiger partial charge in [0.25, 0.3) is 0 Å². The fraction of sp³-hybridized carbons (Fsp3) is 0.467. The lowest BCUT2D eigenvalue weighted by Gasteiger charge is -2.13. The van der Waals surface area contributed by atoms with Crippen molar-refractivity contribution in [2.45, 2.75) is 19.8 Å². The highest BCUT2D eigenvalue weighted by molar-refractivity contribution is 5.82. The maximum atomic E-state index is 13.1. The van der Waals surface area contributed by atoms with Gasteiger partial charge in [-0.05, 0) is 36.5 Å². The number of carboxylic acids is 1. The zero-order valence-electron chi connectivity index (χ0n) is 11.3. The van der Waals surface area contributed by atoms with E-state index in [9.17, 15) is 19.1 Å². The maximum Gasteiger partial charge on any atom is 0.308 e. The number of carboxylic acid groups (broad SMARTS) is 1. The summed E-state index contributed by atoms with van der Waals surface area (Å²) in [5.41, 5.74) is 0.617. The van der Waals surface area contributed by atoms with Gasteiger partial charge in [0.1, 0.15) is 5.82 Å². The molecule has 5 heteroatoms. The number of halogens is 1. The number of carbonyl (C=O) groups excluding carboxylic acids is 1. The topological polar surface area (TPSA) is 66.4 Å². The van der Waals surface area contributed by atoms with Gasteiger partial charge in [0, 0.05) is 12.5 Å². The van der Waals surface area contributed by atoms with E-state index >= 15 is 0 Å². The Hall–Kier alpha value is -1.91. The van der Waals surface area contributed by atoms with Gasteiger partial charge in [0.05, 0.1) is 5.92 Å². The molecule has 0 radical (unpaired) electrons. The van der Waals surface area contributed by atoms with Gasteiger partial charge >= 0.3 is 5.97 Å². The summed E-state index contributed by atoms with van der Waals surface area (Å²) < 4.78 is 13.1. The number of amides is 1. The van der Waals surface area contributed by atoms with Gasteiger partial charge in [-0.1, -0.05) is 19.1 Å². The molecule has 0 saturated heterocycles. The van der Waals surface area contributed by atoms with Crippen LogP contribution < -0.4 is 5.32 Å². The highest BCUT2D eigenvalue weighted by atomic mass is 19.1. The summed E-state index contributed by atoms with van der Waals surface area (Å²) >= 11 is 0. The second-order valence-electron chi connectivity index (χ2n) is 5.43. The van der Waals surface area contributed by atoms with Crippen molar-refractivity contribution in [2.24, 2.45) is 17.8 Å². The second kappa shape index (κ2) is 6.03. The van der Waals surface area contributed by atoms with Crippen molar-refractivity contribution in [3.63, 3.8) is 0 Å². The number of rotatable bonds is 6. The molecule has 4 nitrogen and oxygen atoms in total. The van der Waals surface area contributed by atoms with Crippen molar-refractivity contribution < 1.29 is 19.1 Å². The normalized spacial score (nSPS) is 22.1. The Bertz CT molecular complexity index is 518. The van der Waals surface area contributed by atoms with Crippen LogP contribution in [0.2, 0.25) is 0 Å². The molecule has 108 valence electrons. The first kappa shape index (κ1) is 14.5. The smallest absolute Gasteiger partial charge is 0.308 e. The Balaban J connectivity index is 1.90. The summed E-state index contributed by atoms with van der Waals surface area (Å²) in [5, 5.41) is 11.9. The Morgan fingerprint density at radius 2 is 2.20 bits per heavy atom. The van der Waals surface area contributed by atoms with Crippen molar-refractivity contribution in [1.29, 1.82) is 0 Å². The predicted molar refractivity (Wildman–Crippen MR) is 71.5 cm³/mol. The minimum absolute atomic E-state index is 0.0265. The van der Waals surface area contributed by atoms with E-state index in [1.54, 1.807) is 12.1 Å². The monoisotopic (exact) mass is 279 g/mol. The van der Waals surface area contributed by atoms with E-state index in [0.717, 1.165) is 6.42 Å². The summed E-state index contributed by atoms with van der Waals surface area (Å²) in [6.45, 7) is 2.07. The Morgan fingerprint density at radius 1 is 1.50 bits per heavy atom. The lowest BCUT2D eigenvalue weighted by Crippen LogP contribution is -2.35. The molecular formula is C15H18FNO3. The molecule has 3 atom stereocenters. The molecular weight excluding hydrogens is 261 g/mol. The van der Waals surface area contributed by atoms with Crippen molar-refractivity contribution in [2.75, 3.05) is 6.54 Å². The first-order valence-electron chi connectivity index (χ1n) is 6.72. The number of nitrogens with one attached hydrogen (secondary N) is 1. The van der Waals surface area contributed by atoms with Crippen molar-refractivity contribution in [1.82, 2.24) is 5.32 Å². The zero-order valence-corrected chi connectivity index (χ0v) is 11.3.